The molecule has 0 saturated heterocycles. The van der Waals surface area contributed by atoms with Gasteiger partial charge in [0.15, 0.2) is 4.34 Å². The maximum Gasteiger partial charge on any atom is 0.236 e. The molecule has 0 atom stereocenters. The van der Waals surface area contributed by atoms with Crippen LogP contribution in [0.4, 0.5) is 0 Å². The Balaban J connectivity index is 1.99. The number of thiazole rings is 1. The number of benzene rings is 2. The van der Waals surface area contributed by atoms with Crippen molar-refractivity contribution in [1.29, 1.82) is 0 Å². The molecular formula is C14H11NO2S3. The molecule has 3 rings (SSSR count). The topological polar surface area (TPSA) is 47.0 Å². The van der Waals surface area contributed by atoms with Gasteiger partial charge in [0.05, 0.1) is 15.1 Å². The maximum absolute atomic E-state index is 12.3. The highest BCUT2D eigenvalue weighted by Crippen LogP contribution is 2.36. The summed E-state index contributed by atoms with van der Waals surface area (Å²) in [4.78, 5) is 4.73. The fraction of sp³-hybridized carbons (Fsp3) is 0.0714. The van der Waals surface area contributed by atoms with Crippen LogP contribution in [0.1, 0.15) is 5.56 Å². The van der Waals surface area contributed by atoms with E-state index in [-0.39, 0.29) is 0 Å². The van der Waals surface area contributed by atoms with Crippen molar-refractivity contribution >= 4 is 41.2 Å². The van der Waals surface area contributed by atoms with Gasteiger partial charge < -0.3 is 0 Å². The van der Waals surface area contributed by atoms with E-state index in [0.717, 1.165) is 26.6 Å². The van der Waals surface area contributed by atoms with Crippen LogP contribution in [0.15, 0.2) is 57.8 Å². The standard InChI is InChI=1S/C14H11NO2S3/c1-10-6-5-9-12-13(10)15-14(18-12)19-20(16,17)11-7-3-2-4-8-11/h2-9H,1H3. The van der Waals surface area contributed by atoms with Gasteiger partial charge in [-0.05, 0) is 30.7 Å². The molecule has 0 aliphatic rings. The number of rotatable bonds is 3. The second-order valence-corrected chi connectivity index (χ2v) is 9.29. The van der Waals surface area contributed by atoms with Crippen LogP contribution in [0.2, 0.25) is 0 Å². The summed E-state index contributed by atoms with van der Waals surface area (Å²) in [5.41, 5.74) is 1.94. The van der Waals surface area contributed by atoms with E-state index in [2.05, 4.69) is 4.98 Å². The fourth-order valence-electron chi connectivity index (χ4n) is 1.83. The molecule has 0 spiro atoms. The summed E-state index contributed by atoms with van der Waals surface area (Å²) >= 11 is 1.41. The van der Waals surface area contributed by atoms with E-state index in [0.29, 0.717) is 9.24 Å². The van der Waals surface area contributed by atoms with Gasteiger partial charge in [0.25, 0.3) is 0 Å². The third kappa shape index (κ3) is 2.59. The lowest BCUT2D eigenvalue weighted by Gasteiger charge is -1.99. The van der Waals surface area contributed by atoms with E-state index >= 15 is 0 Å². The van der Waals surface area contributed by atoms with E-state index < -0.39 is 8.87 Å². The van der Waals surface area contributed by atoms with Crippen molar-refractivity contribution in [3.63, 3.8) is 0 Å². The summed E-state index contributed by atoms with van der Waals surface area (Å²) in [6, 6.07) is 14.3. The van der Waals surface area contributed by atoms with Gasteiger partial charge in [0.2, 0.25) is 8.87 Å². The molecule has 1 heterocycles. The maximum atomic E-state index is 12.3. The van der Waals surface area contributed by atoms with Gasteiger partial charge in [-0.2, -0.15) is 0 Å². The van der Waals surface area contributed by atoms with Gasteiger partial charge in [-0.1, -0.05) is 30.3 Å². The summed E-state index contributed by atoms with van der Waals surface area (Å²) in [5, 5.41) is 0. The molecule has 0 radical (unpaired) electrons. The zero-order valence-electron chi connectivity index (χ0n) is 10.6. The van der Waals surface area contributed by atoms with Crippen molar-refractivity contribution in [1.82, 2.24) is 4.98 Å². The molecular weight excluding hydrogens is 310 g/mol. The predicted molar refractivity (Wildman–Crippen MR) is 83.8 cm³/mol. The van der Waals surface area contributed by atoms with Gasteiger partial charge >= 0.3 is 0 Å². The number of hydrogen-bond acceptors (Lipinski definition) is 5. The van der Waals surface area contributed by atoms with Crippen LogP contribution < -0.4 is 0 Å². The summed E-state index contributed by atoms with van der Waals surface area (Å²) in [7, 11) is -2.60. The molecule has 0 aliphatic heterocycles. The van der Waals surface area contributed by atoms with E-state index in [1.807, 2.05) is 25.1 Å². The second kappa shape index (κ2) is 5.20. The Kier molecular flexibility index (Phi) is 3.54. The third-order valence-corrected chi connectivity index (χ3v) is 7.46. The number of para-hydroxylation sites is 1. The molecule has 0 aliphatic carbocycles. The largest absolute Gasteiger partial charge is 0.236 e. The Hall–Kier alpha value is -1.37. The van der Waals surface area contributed by atoms with Crippen molar-refractivity contribution < 1.29 is 8.42 Å². The predicted octanol–water partition coefficient (Wildman–Crippen LogP) is 4.09. The monoisotopic (exact) mass is 321 g/mol. The van der Waals surface area contributed by atoms with E-state index in [1.54, 1.807) is 30.3 Å². The minimum Gasteiger partial charge on any atom is -0.228 e. The van der Waals surface area contributed by atoms with Crippen molar-refractivity contribution in [2.45, 2.75) is 16.2 Å². The first-order valence-corrected chi connectivity index (χ1v) is 9.55. The van der Waals surface area contributed by atoms with Crippen LogP contribution in [0.25, 0.3) is 10.2 Å². The second-order valence-electron chi connectivity index (χ2n) is 4.25. The average molecular weight is 321 g/mol. The minimum absolute atomic E-state index is 0.306. The van der Waals surface area contributed by atoms with Crippen LogP contribution in [0.5, 0.6) is 0 Å². The van der Waals surface area contributed by atoms with Crippen molar-refractivity contribution in [3.05, 3.63) is 54.1 Å². The zero-order chi connectivity index (χ0) is 14.2. The molecule has 20 heavy (non-hydrogen) atoms. The Morgan fingerprint density at radius 3 is 2.50 bits per heavy atom. The molecule has 2 aromatic carbocycles. The lowest BCUT2D eigenvalue weighted by atomic mass is 10.2. The van der Waals surface area contributed by atoms with Crippen LogP contribution >= 0.6 is 22.1 Å². The molecule has 102 valence electrons. The average Bonchev–Trinajstić information content (AvgIpc) is 2.83. The molecule has 0 fully saturated rings. The highest BCUT2D eigenvalue weighted by molar-refractivity contribution is 8.72. The molecule has 3 aromatic rings. The summed E-state index contributed by atoms with van der Waals surface area (Å²) in [6.45, 7) is 1.97. The fourth-order valence-corrected chi connectivity index (χ4v) is 6.32. The van der Waals surface area contributed by atoms with Gasteiger partial charge in [0, 0.05) is 10.8 Å². The highest BCUT2D eigenvalue weighted by Gasteiger charge is 2.19. The number of hydrogen-bond donors (Lipinski definition) is 0. The molecule has 0 amide bonds. The molecule has 1 aromatic heterocycles. The smallest absolute Gasteiger partial charge is 0.228 e. The van der Waals surface area contributed by atoms with Gasteiger partial charge in [0.1, 0.15) is 0 Å². The van der Waals surface area contributed by atoms with E-state index in [9.17, 15) is 8.42 Å². The first kappa shape index (κ1) is 13.6. The molecule has 0 unspecified atom stereocenters. The SMILES string of the molecule is Cc1cccc2sc(SS(=O)(=O)c3ccccc3)nc12. The first-order chi connectivity index (χ1) is 9.56. The molecule has 0 bridgehead atoms. The van der Waals surface area contributed by atoms with Crippen LogP contribution in [-0.2, 0) is 8.87 Å². The quantitative estimate of drug-likeness (QED) is 0.682. The van der Waals surface area contributed by atoms with Crippen molar-refractivity contribution in [2.24, 2.45) is 0 Å². The summed E-state index contributed by atoms with van der Waals surface area (Å²) in [5.74, 6) is 0. The Bertz CT molecular complexity index is 855. The Morgan fingerprint density at radius 2 is 1.80 bits per heavy atom. The lowest BCUT2D eigenvalue weighted by Crippen LogP contribution is -1.94. The zero-order valence-corrected chi connectivity index (χ0v) is 13.1. The number of aryl methyl sites for hydroxylation is 1. The number of fused-ring (bicyclic) bond motifs is 1. The molecule has 6 heteroatoms. The lowest BCUT2D eigenvalue weighted by molar-refractivity contribution is 0.610. The number of nitrogens with zero attached hydrogens (tertiary/aromatic N) is 1. The summed E-state index contributed by atoms with van der Waals surface area (Å²) in [6.07, 6.45) is 0. The third-order valence-electron chi connectivity index (χ3n) is 2.81. The normalized spacial score (nSPS) is 11.8. The van der Waals surface area contributed by atoms with Crippen molar-refractivity contribution in [2.75, 3.05) is 0 Å². The Morgan fingerprint density at radius 1 is 1.05 bits per heavy atom. The van der Waals surface area contributed by atoms with E-state index in [1.165, 1.54) is 11.3 Å². The van der Waals surface area contributed by atoms with Crippen molar-refractivity contribution in [3.8, 4) is 0 Å². The van der Waals surface area contributed by atoms with Gasteiger partial charge in [-0.3, -0.25) is 0 Å². The van der Waals surface area contributed by atoms with Crippen LogP contribution in [-0.4, -0.2) is 13.4 Å². The van der Waals surface area contributed by atoms with Gasteiger partial charge in [-0.25, -0.2) is 13.4 Å². The molecule has 0 saturated carbocycles. The Labute approximate surface area is 125 Å². The highest BCUT2D eigenvalue weighted by atomic mass is 33.1. The molecule has 3 nitrogen and oxygen atoms in total. The summed E-state index contributed by atoms with van der Waals surface area (Å²) < 4.78 is 26.1. The van der Waals surface area contributed by atoms with E-state index in [4.69, 9.17) is 0 Å². The molecule has 0 N–H and O–H groups in total. The van der Waals surface area contributed by atoms with Crippen LogP contribution in [0, 0.1) is 6.92 Å². The number of aromatic nitrogens is 1. The first-order valence-electron chi connectivity index (χ1n) is 5.92. The van der Waals surface area contributed by atoms with Crippen LogP contribution in [0.3, 0.4) is 0 Å². The van der Waals surface area contributed by atoms with Gasteiger partial charge in [-0.15, -0.1) is 11.3 Å². The minimum atomic E-state index is -3.41.